The highest BCUT2D eigenvalue weighted by Crippen LogP contribution is 2.38. The van der Waals surface area contributed by atoms with Crippen molar-refractivity contribution in [1.29, 1.82) is 0 Å². The first-order valence-corrected chi connectivity index (χ1v) is 9.50. The van der Waals surface area contributed by atoms with Gasteiger partial charge in [-0.2, -0.15) is 0 Å². The number of carbonyl (C=O) groups is 2. The Morgan fingerprint density at radius 2 is 2.00 bits per heavy atom. The summed E-state index contributed by atoms with van der Waals surface area (Å²) in [6.07, 6.45) is 0.266. The minimum absolute atomic E-state index is 0.0205. The van der Waals surface area contributed by atoms with Gasteiger partial charge >= 0.3 is 5.97 Å². The van der Waals surface area contributed by atoms with Crippen molar-refractivity contribution in [3.63, 3.8) is 0 Å². The van der Waals surface area contributed by atoms with E-state index in [4.69, 9.17) is 4.43 Å². The van der Waals surface area contributed by atoms with Crippen LogP contribution in [0.5, 0.6) is 0 Å². The van der Waals surface area contributed by atoms with Crippen molar-refractivity contribution in [3.05, 3.63) is 0 Å². The molecule has 0 spiro atoms. The van der Waals surface area contributed by atoms with Crippen molar-refractivity contribution in [2.45, 2.75) is 51.4 Å². The quantitative estimate of drug-likeness (QED) is 0.584. The lowest BCUT2D eigenvalue weighted by Gasteiger charge is -2.38. The van der Waals surface area contributed by atoms with Crippen LogP contribution in [-0.2, 0) is 18.8 Å². The normalized spacial score (nSPS) is 20.8. The lowest BCUT2D eigenvalue weighted by Crippen LogP contribution is -2.44. The van der Waals surface area contributed by atoms with Gasteiger partial charge in [0.25, 0.3) is 0 Å². The maximum atomic E-state index is 11.8. The number of hydrogen-bond donors (Lipinski definition) is 0. The minimum Gasteiger partial charge on any atom is -0.468 e. The van der Waals surface area contributed by atoms with Crippen molar-refractivity contribution in [1.82, 2.24) is 4.90 Å². The molecule has 0 aromatic carbocycles. The summed E-state index contributed by atoms with van der Waals surface area (Å²) < 4.78 is 10.8. The van der Waals surface area contributed by atoms with E-state index in [9.17, 15) is 9.59 Å². The van der Waals surface area contributed by atoms with Crippen molar-refractivity contribution in [2.24, 2.45) is 0 Å². The maximum Gasteiger partial charge on any atom is 0.325 e. The van der Waals surface area contributed by atoms with Crippen LogP contribution >= 0.6 is 0 Å². The number of amides is 1. The largest absolute Gasteiger partial charge is 0.468 e. The Bertz CT molecular complexity index is 362. The zero-order chi connectivity index (χ0) is 14.8. The molecule has 0 aromatic rings. The predicted octanol–water partition coefficient (Wildman–Crippen LogP) is 1.78. The number of hydrogen-bond acceptors (Lipinski definition) is 4. The second kappa shape index (κ2) is 5.62. The summed E-state index contributed by atoms with van der Waals surface area (Å²) in [4.78, 5) is 24.6. The van der Waals surface area contributed by atoms with Gasteiger partial charge in [-0.3, -0.25) is 9.59 Å². The first kappa shape index (κ1) is 16.2. The monoisotopic (exact) mass is 287 g/mol. The summed E-state index contributed by atoms with van der Waals surface area (Å²) in [7, 11) is -0.547. The smallest absolute Gasteiger partial charge is 0.325 e. The second-order valence-electron chi connectivity index (χ2n) is 6.55. The molecule has 5 nitrogen and oxygen atoms in total. The van der Waals surface area contributed by atoms with Crippen LogP contribution in [0.25, 0.3) is 0 Å². The molecule has 1 saturated heterocycles. The van der Waals surface area contributed by atoms with Crippen molar-refractivity contribution < 1.29 is 18.8 Å². The van der Waals surface area contributed by atoms with Gasteiger partial charge in [0.15, 0.2) is 8.32 Å². The molecule has 1 rings (SSSR count). The van der Waals surface area contributed by atoms with Gasteiger partial charge in [-0.1, -0.05) is 20.8 Å². The van der Waals surface area contributed by atoms with E-state index in [0.717, 1.165) is 0 Å². The Morgan fingerprint density at radius 3 is 2.47 bits per heavy atom. The summed E-state index contributed by atoms with van der Waals surface area (Å²) in [5.74, 6) is -0.421. The average Bonchev–Trinajstić information content (AvgIpc) is 2.56. The fourth-order valence-electron chi connectivity index (χ4n) is 1.78. The second-order valence-corrected chi connectivity index (χ2v) is 11.3. The summed E-state index contributed by atoms with van der Waals surface area (Å²) in [5, 5.41) is 0.117. The molecule has 0 bridgehead atoms. The minimum atomic E-state index is -1.87. The van der Waals surface area contributed by atoms with E-state index < -0.39 is 8.32 Å². The highest BCUT2D eigenvalue weighted by atomic mass is 28.4. The van der Waals surface area contributed by atoms with Crippen LogP contribution in [0, 0.1) is 0 Å². The standard InChI is InChI=1S/C13H25NO4Si/c1-13(2,3)19(5,6)18-10-7-11(15)14(8-10)9-12(16)17-4/h10H,7-9H2,1-6H3/t10-/m1/s1. The zero-order valence-corrected chi connectivity index (χ0v) is 13.8. The molecular weight excluding hydrogens is 262 g/mol. The molecule has 110 valence electrons. The predicted molar refractivity (Wildman–Crippen MR) is 75.3 cm³/mol. The number of carbonyl (C=O) groups excluding carboxylic acids is 2. The molecule has 1 aliphatic rings. The van der Waals surface area contributed by atoms with Gasteiger partial charge in [-0.15, -0.1) is 0 Å². The first-order valence-electron chi connectivity index (χ1n) is 6.59. The Hall–Kier alpha value is -0.883. The topological polar surface area (TPSA) is 55.8 Å². The Labute approximate surface area is 116 Å². The molecular formula is C13H25NO4Si. The molecule has 1 aliphatic heterocycles. The van der Waals surface area contributed by atoms with Crippen LogP contribution in [0.4, 0.5) is 0 Å². The number of nitrogens with zero attached hydrogens (tertiary/aromatic N) is 1. The molecule has 0 aromatic heterocycles. The molecule has 1 heterocycles. The van der Waals surface area contributed by atoms with E-state index in [0.29, 0.717) is 13.0 Å². The summed E-state index contributed by atoms with van der Waals surface area (Å²) in [6, 6.07) is 0. The molecule has 0 unspecified atom stereocenters. The fourth-order valence-corrected chi connectivity index (χ4v) is 3.13. The number of methoxy groups -OCH3 is 1. The van der Waals surface area contributed by atoms with Crippen LogP contribution in [0.15, 0.2) is 0 Å². The third kappa shape index (κ3) is 4.04. The maximum absolute atomic E-state index is 11.8. The highest BCUT2D eigenvalue weighted by molar-refractivity contribution is 6.74. The molecule has 6 heteroatoms. The molecule has 0 radical (unpaired) electrons. The molecule has 1 atom stereocenters. The SMILES string of the molecule is COC(=O)CN1C[C@H](O[Si](C)(C)C(C)(C)C)CC1=O. The molecule has 0 aliphatic carbocycles. The number of esters is 1. The Morgan fingerprint density at radius 1 is 1.42 bits per heavy atom. The van der Waals surface area contributed by atoms with Crippen molar-refractivity contribution in [3.8, 4) is 0 Å². The molecule has 1 fully saturated rings. The van der Waals surface area contributed by atoms with E-state index in [-0.39, 0.29) is 29.6 Å². The van der Waals surface area contributed by atoms with E-state index >= 15 is 0 Å². The van der Waals surface area contributed by atoms with Gasteiger partial charge in [0.05, 0.1) is 19.6 Å². The van der Waals surface area contributed by atoms with Crippen molar-refractivity contribution in [2.75, 3.05) is 20.2 Å². The third-order valence-electron chi connectivity index (χ3n) is 3.99. The molecule has 19 heavy (non-hydrogen) atoms. The van der Waals surface area contributed by atoms with E-state index in [2.05, 4.69) is 38.6 Å². The third-order valence-corrected chi connectivity index (χ3v) is 8.53. The number of likely N-dealkylation sites (tertiary alicyclic amines) is 1. The molecule has 0 N–H and O–H groups in total. The van der Waals surface area contributed by atoms with E-state index in [1.165, 1.54) is 12.0 Å². The molecule has 1 amide bonds. The fraction of sp³-hybridized carbons (Fsp3) is 0.846. The van der Waals surface area contributed by atoms with Gasteiger partial charge in [0.2, 0.25) is 5.91 Å². The Balaban J connectivity index is 2.60. The van der Waals surface area contributed by atoms with E-state index in [1.54, 1.807) is 0 Å². The highest BCUT2D eigenvalue weighted by Gasteiger charge is 2.42. The number of rotatable bonds is 4. The van der Waals surface area contributed by atoms with Crippen LogP contribution < -0.4 is 0 Å². The molecule has 0 saturated carbocycles. The van der Waals surface area contributed by atoms with Crippen LogP contribution in [0.3, 0.4) is 0 Å². The van der Waals surface area contributed by atoms with Crippen LogP contribution in [0.1, 0.15) is 27.2 Å². The van der Waals surface area contributed by atoms with Gasteiger partial charge in [-0.25, -0.2) is 0 Å². The summed E-state index contributed by atoms with van der Waals surface area (Å²) in [6.45, 7) is 11.3. The van der Waals surface area contributed by atoms with Gasteiger partial charge in [0.1, 0.15) is 6.54 Å². The number of ether oxygens (including phenoxy) is 1. The van der Waals surface area contributed by atoms with Gasteiger partial charge in [-0.05, 0) is 18.1 Å². The zero-order valence-electron chi connectivity index (χ0n) is 12.8. The first-order chi connectivity index (χ1) is 8.56. The van der Waals surface area contributed by atoms with Gasteiger partial charge < -0.3 is 14.1 Å². The Kier molecular flexibility index (Phi) is 4.79. The lowest BCUT2D eigenvalue weighted by atomic mass is 10.2. The van der Waals surface area contributed by atoms with Crippen LogP contribution in [0.2, 0.25) is 18.1 Å². The van der Waals surface area contributed by atoms with E-state index in [1.807, 2.05) is 0 Å². The van der Waals surface area contributed by atoms with Gasteiger partial charge in [0, 0.05) is 6.54 Å². The summed E-state index contributed by atoms with van der Waals surface area (Å²) in [5.41, 5.74) is 0. The summed E-state index contributed by atoms with van der Waals surface area (Å²) >= 11 is 0. The lowest BCUT2D eigenvalue weighted by molar-refractivity contribution is -0.145. The van der Waals surface area contributed by atoms with Crippen molar-refractivity contribution >= 4 is 20.2 Å². The average molecular weight is 287 g/mol. The van der Waals surface area contributed by atoms with Crippen LogP contribution in [-0.4, -0.2) is 51.4 Å².